The van der Waals surface area contributed by atoms with Crippen molar-refractivity contribution in [1.29, 1.82) is 0 Å². The van der Waals surface area contributed by atoms with Gasteiger partial charge in [-0.3, -0.25) is 14.9 Å². The fraction of sp³-hybridized carbons (Fsp3) is 0.357. The standard InChI is InChI=1S/C14H16N2O3S/c1-4-11-8(2)16-19-14(11)15-13(18)6-10-5-12(9(3)17)20-7-10/h5,7H,4,6H2,1-3H3,(H,15,18). The van der Waals surface area contributed by atoms with Crippen LogP contribution < -0.4 is 5.32 Å². The van der Waals surface area contributed by atoms with E-state index in [0.29, 0.717) is 10.8 Å². The number of nitrogens with one attached hydrogen (secondary N) is 1. The van der Waals surface area contributed by atoms with Crippen LogP contribution in [0.15, 0.2) is 16.0 Å². The minimum Gasteiger partial charge on any atom is -0.338 e. The molecule has 0 radical (unpaired) electrons. The van der Waals surface area contributed by atoms with Gasteiger partial charge in [-0.1, -0.05) is 12.1 Å². The van der Waals surface area contributed by atoms with Crippen molar-refractivity contribution in [2.24, 2.45) is 0 Å². The predicted octanol–water partition coefficient (Wildman–Crippen LogP) is 2.99. The second kappa shape index (κ2) is 6.00. The molecule has 20 heavy (non-hydrogen) atoms. The minimum atomic E-state index is -0.177. The van der Waals surface area contributed by atoms with E-state index in [2.05, 4.69) is 10.5 Å². The summed E-state index contributed by atoms with van der Waals surface area (Å²) in [5.41, 5.74) is 2.53. The van der Waals surface area contributed by atoms with Gasteiger partial charge < -0.3 is 4.52 Å². The molecule has 0 aliphatic heterocycles. The Morgan fingerprint density at radius 3 is 2.80 bits per heavy atom. The van der Waals surface area contributed by atoms with E-state index in [1.807, 2.05) is 19.2 Å². The van der Waals surface area contributed by atoms with Crippen LogP contribution in [0, 0.1) is 6.92 Å². The summed E-state index contributed by atoms with van der Waals surface area (Å²) in [6.45, 7) is 5.34. The zero-order valence-corrected chi connectivity index (χ0v) is 12.5. The van der Waals surface area contributed by atoms with Crippen molar-refractivity contribution in [3.63, 3.8) is 0 Å². The van der Waals surface area contributed by atoms with Crippen molar-refractivity contribution in [1.82, 2.24) is 5.16 Å². The predicted molar refractivity (Wildman–Crippen MR) is 77.3 cm³/mol. The summed E-state index contributed by atoms with van der Waals surface area (Å²) in [5, 5.41) is 8.39. The van der Waals surface area contributed by atoms with Crippen molar-refractivity contribution in [2.45, 2.75) is 33.6 Å². The molecule has 0 saturated heterocycles. The summed E-state index contributed by atoms with van der Waals surface area (Å²) >= 11 is 1.35. The lowest BCUT2D eigenvalue weighted by atomic mass is 10.2. The molecule has 2 aromatic heterocycles. The molecule has 0 aliphatic rings. The highest BCUT2D eigenvalue weighted by molar-refractivity contribution is 7.12. The molecule has 0 aliphatic carbocycles. The minimum absolute atomic E-state index is 0.0146. The molecule has 2 aromatic rings. The molecule has 0 spiro atoms. The van der Waals surface area contributed by atoms with Crippen LogP contribution in [0.4, 0.5) is 5.88 Å². The smallest absolute Gasteiger partial charge is 0.234 e. The Bertz CT molecular complexity index is 643. The fourth-order valence-electron chi connectivity index (χ4n) is 1.91. The van der Waals surface area contributed by atoms with Crippen molar-refractivity contribution in [2.75, 3.05) is 5.32 Å². The van der Waals surface area contributed by atoms with Gasteiger partial charge in [0.1, 0.15) is 0 Å². The average Bonchev–Trinajstić information content (AvgIpc) is 2.97. The van der Waals surface area contributed by atoms with Gasteiger partial charge in [-0.15, -0.1) is 11.3 Å². The molecular weight excluding hydrogens is 276 g/mol. The summed E-state index contributed by atoms with van der Waals surface area (Å²) in [7, 11) is 0. The molecule has 0 aromatic carbocycles. The maximum absolute atomic E-state index is 12.0. The van der Waals surface area contributed by atoms with E-state index in [1.165, 1.54) is 18.3 Å². The molecular formula is C14H16N2O3S. The number of nitrogens with zero attached hydrogens (tertiary/aromatic N) is 1. The first-order valence-corrected chi connectivity index (χ1v) is 7.22. The van der Waals surface area contributed by atoms with Crippen LogP contribution in [0.3, 0.4) is 0 Å². The van der Waals surface area contributed by atoms with Gasteiger partial charge in [0.15, 0.2) is 5.78 Å². The van der Waals surface area contributed by atoms with E-state index in [1.54, 1.807) is 6.07 Å². The molecule has 1 amide bonds. The van der Waals surface area contributed by atoms with Crippen LogP contribution in [0.1, 0.15) is 40.3 Å². The molecule has 1 N–H and O–H groups in total. The first-order chi connectivity index (χ1) is 9.51. The maximum atomic E-state index is 12.0. The van der Waals surface area contributed by atoms with Crippen molar-refractivity contribution in [3.05, 3.63) is 33.1 Å². The number of amides is 1. The highest BCUT2D eigenvalue weighted by atomic mass is 32.1. The quantitative estimate of drug-likeness (QED) is 0.860. The Balaban J connectivity index is 2.03. The van der Waals surface area contributed by atoms with Crippen LogP contribution in [0.25, 0.3) is 0 Å². The van der Waals surface area contributed by atoms with E-state index < -0.39 is 0 Å². The topological polar surface area (TPSA) is 72.2 Å². The number of Topliss-reactive ketones (excluding diaryl/α,β-unsaturated/α-hetero) is 1. The second-order valence-electron chi connectivity index (χ2n) is 4.53. The molecule has 6 heteroatoms. The third-order valence-corrected chi connectivity index (χ3v) is 4.04. The fourth-order valence-corrected chi connectivity index (χ4v) is 2.73. The lowest BCUT2D eigenvalue weighted by molar-refractivity contribution is -0.115. The number of thiophene rings is 1. The summed E-state index contributed by atoms with van der Waals surface area (Å²) < 4.78 is 5.10. The molecule has 5 nitrogen and oxygen atoms in total. The maximum Gasteiger partial charge on any atom is 0.234 e. The highest BCUT2D eigenvalue weighted by Crippen LogP contribution is 2.20. The van der Waals surface area contributed by atoms with Gasteiger partial charge in [-0.25, -0.2) is 0 Å². The first-order valence-electron chi connectivity index (χ1n) is 6.34. The van der Waals surface area contributed by atoms with E-state index in [4.69, 9.17) is 4.52 Å². The monoisotopic (exact) mass is 292 g/mol. The van der Waals surface area contributed by atoms with Gasteiger partial charge >= 0.3 is 0 Å². The Morgan fingerprint density at radius 1 is 1.45 bits per heavy atom. The largest absolute Gasteiger partial charge is 0.338 e. The van der Waals surface area contributed by atoms with E-state index in [-0.39, 0.29) is 18.1 Å². The zero-order chi connectivity index (χ0) is 14.7. The molecule has 0 unspecified atom stereocenters. The van der Waals surface area contributed by atoms with Crippen molar-refractivity contribution < 1.29 is 14.1 Å². The average molecular weight is 292 g/mol. The number of hydrogen-bond acceptors (Lipinski definition) is 5. The summed E-state index contributed by atoms with van der Waals surface area (Å²) in [5.74, 6) is 0.251. The van der Waals surface area contributed by atoms with Gasteiger partial charge in [0.2, 0.25) is 11.8 Å². The van der Waals surface area contributed by atoms with Gasteiger partial charge in [0.25, 0.3) is 0 Å². The Hall–Kier alpha value is -1.95. The molecule has 106 valence electrons. The van der Waals surface area contributed by atoms with Crippen LogP contribution in [0.2, 0.25) is 0 Å². The van der Waals surface area contributed by atoms with Crippen molar-refractivity contribution >= 4 is 28.9 Å². The van der Waals surface area contributed by atoms with E-state index in [0.717, 1.165) is 23.2 Å². The Labute approximate surface area is 121 Å². The Morgan fingerprint density at radius 2 is 2.20 bits per heavy atom. The summed E-state index contributed by atoms with van der Waals surface area (Å²) in [6.07, 6.45) is 0.963. The van der Waals surface area contributed by atoms with Gasteiger partial charge in [-0.05, 0) is 37.3 Å². The number of aryl methyl sites for hydroxylation is 1. The SMILES string of the molecule is CCc1c(C)noc1NC(=O)Cc1csc(C(C)=O)c1. The van der Waals surface area contributed by atoms with E-state index >= 15 is 0 Å². The van der Waals surface area contributed by atoms with Crippen LogP contribution >= 0.6 is 11.3 Å². The number of aromatic nitrogens is 1. The van der Waals surface area contributed by atoms with Gasteiger partial charge in [0.05, 0.1) is 17.0 Å². The normalized spacial score (nSPS) is 10.6. The Kier molecular flexibility index (Phi) is 4.34. The van der Waals surface area contributed by atoms with Gasteiger partial charge in [-0.2, -0.15) is 0 Å². The van der Waals surface area contributed by atoms with Crippen LogP contribution in [-0.2, 0) is 17.6 Å². The lowest BCUT2D eigenvalue weighted by Gasteiger charge is -2.02. The number of carbonyl (C=O) groups excluding carboxylic acids is 2. The summed E-state index contributed by atoms with van der Waals surface area (Å²) in [4.78, 5) is 23.8. The number of carbonyl (C=O) groups is 2. The number of anilines is 1. The number of rotatable bonds is 5. The lowest BCUT2D eigenvalue weighted by Crippen LogP contribution is -2.14. The molecule has 0 saturated carbocycles. The molecule has 0 atom stereocenters. The van der Waals surface area contributed by atoms with Crippen LogP contribution in [-0.4, -0.2) is 16.8 Å². The number of ketones is 1. The second-order valence-corrected chi connectivity index (χ2v) is 5.44. The first kappa shape index (κ1) is 14.5. The molecule has 0 fully saturated rings. The van der Waals surface area contributed by atoms with Crippen molar-refractivity contribution in [3.8, 4) is 0 Å². The van der Waals surface area contributed by atoms with Crippen LogP contribution in [0.5, 0.6) is 0 Å². The third kappa shape index (κ3) is 3.14. The highest BCUT2D eigenvalue weighted by Gasteiger charge is 2.15. The molecule has 0 bridgehead atoms. The summed E-state index contributed by atoms with van der Waals surface area (Å²) in [6, 6.07) is 1.75. The zero-order valence-electron chi connectivity index (χ0n) is 11.6. The molecule has 2 rings (SSSR count). The van der Waals surface area contributed by atoms with Gasteiger partial charge in [0, 0.05) is 5.56 Å². The number of hydrogen-bond donors (Lipinski definition) is 1. The van der Waals surface area contributed by atoms with E-state index in [9.17, 15) is 9.59 Å². The third-order valence-electron chi connectivity index (χ3n) is 2.96. The molecule has 2 heterocycles.